The van der Waals surface area contributed by atoms with E-state index in [1.807, 2.05) is 0 Å². The predicted molar refractivity (Wildman–Crippen MR) is 99.1 cm³/mol. The first kappa shape index (κ1) is 21.1. The lowest BCUT2D eigenvalue weighted by atomic mass is 9.95. The molecule has 1 aromatic rings. The maximum absolute atomic E-state index is 13.0. The van der Waals surface area contributed by atoms with Crippen molar-refractivity contribution in [2.24, 2.45) is 5.41 Å². The van der Waals surface area contributed by atoms with Gasteiger partial charge in [-0.05, 0) is 38.1 Å². The molecule has 0 aliphatic carbocycles. The molecule has 1 fully saturated rings. The van der Waals surface area contributed by atoms with Crippen LogP contribution in [0.15, 0.2) is 29.2 Å². The normalized spacial score (nSPS) is 17.2. The van der Waals surface area contributed by atoms with Gasteiger partial charge in [0.15, 0.2) is 0 Å². The number of nitrogens with one attached hydrogen (secondary N) is 1. The van der Waals surface area contributed by atoms with Gasteiger partial charge in [0.2, 0.25) is 15.9 Å². The Kier molecular flexibility index (Phi) is 7.01. The monoisotopic (exact) mass is 405 g/mol. The molecule has 1 amide bonds. The SMILES string of the molecule is CC(C)(CCl)C(=O)NCCN1CCN(S(=O)(=O)c2ccc(F)cc2)CC1. The van der Waals surface area contributed by atoms with Crippen molar-refractivity contribution in [3.8, 4) is 0 Å². The van der Waals surface area contributed by atoms with Crippen LogP contribution in [-0.4, -0.2) is 68.7 Å². The molecule has 1 aromatic carbocycles. The van der Waals surface area contributed by atoms with Gasteiger partial charge in [-0.3, -0.25) is 9.69 Å². The van der Waals surface area contributed by atoms with Gasteiger partial charge in [0.05, 0.1) is 10.3 Å². The standard InChI is InChI=1S/C17H25ClFN3O3S/c1-17(2,13-18)16(23)20-7-8-21-9-11-22(12-10-21)26(24,25)15-5-3-14(19)4-6-15/h3-6H,7-13H2,1-2H3,(H,20,23). The lowest BCUT2D eigenvalue weighted by molar-refractivity contribution is -0.128. The van der Waals surface area contributed by atoms with Gasteiger partial charge in [-0.15, -0.1) is 11.6 Å². The fourth-order valence-electron chi connectivity index (χ4n) is 2.58. The van der Waals surface area contributed by atoms with E-state index in [9.17, 15) is 17.6 Å². The van der Waals surface area contributed by atoms with Crippen LogP contribution in [0.25, 0.3) is 0 Å². The number of alkyl halides is 1. The second kappa shape index (κ2) is 8.65. The molecular formula is C17H25ClFN3O3S. The number of carbonyl (C=O) groups is 1. The molecule has 0 aromatic heterocycles. The second-order valence-corrected chi connectivity index (χ2v) is 9.18. The molecule has 2 rings (SSSR count). The van der Waals surface area contributed by atoms with Gasteiger partial charge in [-0.1, -0.05) is 0 Å². The molecule has 1 aliphatic heterocycles. The zero-order chi connectivity index (χ0) is 19.4. The van der Waals surface area contributed by atoms with Gasteiger partial charge in [-0.2, -0.15) is 4.31 Å². The summed E-state index contributed by atoms with van der Waals surface area (Å²) in [6.07, 6.45) is 0. The minimum absolute atomic E-state index is 0.0926. The van der Waals surface area contributed by atoms with E-state index >= 15 is 0 Å². The Balaban J connectivity index is 1.82. The number of rotatable bonds is 7. The molecule has 0 saturated carbocycles. The summed E-state index contributed by atoms with van der Waals surface area (Å²) in [5.74, 6) is -0.308. The van der Waals surface area contributed by atoms with Crippen molar-refractivity contribution in [3.05, 3.63) is 30.1 Å². The summed E-state index contributed by atoms with van der Waals surface area (Å²) in [5.41, 5.74) is -0.608. The quantitative estimate of drug-likeness (QED) is 0.698. The van der Waals surface area contributed by atoms with Crippen molar-refractivity contribution < 1.29 is 17.6 Å². The van der Waals surface area contributed by atoms with Crippen LogP contribution >= 0.6 is 11.6 Å². The second-order valence-electron chi connectivity index (χ2n) is 6.97. The zero-order valence-electron chi connectivity index (χ0n) is 15.0. The minimum atomic E-state index is -3.60. The smallest absolute Gasteiger partial charge is 0.243 e. The fourth-order valence-corrected chi connectivity index (χ4v) is 4.12. The molecule has 1 saturated heterocycles. The van der Waals surface area contributed by atoms with Gasteiger partial charge in [0.1, 0.15) is 5.82 Å². The van der Waals surface area contributed by atoms with Crippen molar-refractivity contribution in [3.63, 3.8) is 0 Å². The number of sulfonamides is 1. The molecule has 6 nitrogen and oxygen atoms in total. The topological polar surface area (TPSA) is 69.7 Å². The van der Waals surface area contributed by atoms with Gasteiger partial charge < -0.3 is 5.32 Å². The highest BCUT2D eigenvalue weighted by molar-refractivity contribution is 7.89. The average Bonchev–Trinajstić information content (AvgIpc) is 2.62. The zero-order valence-corrected chi connectivity index (χ0v) is 16.6. The van der Waals surface area contributed by atoms with Gasteiger partial charge in [-0.25, -0.2) is 12.8 Å². The number of amides is 1. The highest BCUT2D eigenvalue weighted by Crippen LogP contribution is 2.18. The maximum atomic E-state index is 13.0. The van der Waals surface area contributed by atoms with E-state index in [-0.39, 0.29) is 16.7 Å². The van der Waals surface area contributed by atoms with E-state index in [0.29, 0.717) is 39.3 Å². The van der Waals surface area contributed by atoms with E-state index in [1.165, 1.54) is 16.4 Å². The number of benzene rings is 1. The Morgan fingerprint density at radius 1 is 1.19 bits per heavy atom. The predicted octanol–water partition coefficient (Wildman–Crippen LogP) is 1.51. The number of piperazine rings is 1. The first-order valence-corrected chi connectivity index (χ1v) is 10.5. The Morgan fingerprint density at radius 2 is 1.77 bits per heavy atom. The van der Waals surface area contributed by atoms with Crippen LogP contribution < -0.4 is 5.32 Å². The summed E-state index contributed by atoms with van der Waals surface area (Å²) < 4.78 is 39.5. The number of carbonyl (C=O) groups excluding carboxylic acids is 1. The largest absolute Gasteiger partial charge is 0.354 e. The minimum Gasteiger partial charge on any atom is -0.354 e. The molecule has 26 heavy (non-hydrogen) atoms. The lowest BCUT2D eigenvalue weighted by Crippen LogP contribution is -2.50. The highest BCUT2D eigenvalue weighted by Gasteiger charge is 2.29. The molecule has 0 spiro atoms. The third kappa shape index (κ3) is 5.16. The Hall–Kier alpha value is -1.22. The number of hydrogen-bond donors (Lipinski definition) is 1. The van der Waals surface area contributed by atoms with Crippen molar-refractivity contribution in [1.82, 2.24) is 14.5 Å². The van der Waals surface area contributed by atoms with Crippen LogP contribution in [-0.2, 0) is 14.8 Å². The van der Waals surface area contributed by atoms with E-state index in [0.717, 1.165) is 12.1 Å². The van der Waals surface area contributed by atoms with E-state index in [2.05, 4.69) is 10.2 Å². The molecule has 146 valence electrons. The molecule has 1 N–H and O–H groups in total. The van der Waals surface area contributed by atoms with E-state index < -0.39 is 21.3 Å². The van der Waals surface area contributed by atoms with Gasteiger partial charge in [0, 0.05) is 45.1 Å². The summed E-state index contributed by atoms with van der Waals surface area (Å²) in [7, 11) is -3.60. The van der Waals surface area contributed by atoms with Gasteiger partial charge >= 0.3 is 0 Å². The summed E-state index contributed by atoms with van der Waals surface area (Å²) >= 11 is 5.78. The lowest BCUT2D eigenvalue weighted by Gasteiger charge is -2.34. The van der Waals surface area contributed by atoms with Crippen molar-refractivity contribution >= 4 is 27.5 Å². The van der Waals surface area contributed by atoms with E-state index in [4.69, 9.17) is 11.6 Å². The molecule has 1 aliphatic rings. The number of halogens is 2. The van der Waals surface area contributed by atoms with Crippen LogP contribution in [0, 0.1) is 11.2 Å². The molecule has 1 heterocycles. The van der Waals surface area contributed by atoms with Crippen molar-refractivity contribution in [2.45, 2.75) is 18.7 Å². The highest BCUT2D eigenvalue weighted by atomic mass is 35.5. The molecule has 0 unspecified atom stereocenters. The Morgan fingerprint density at radius 3 is 2.31 bits per heavy atom. The molecule has 0 atom stereocenters. The van der Waals surface area contributed by atoms with Crippen molar-refractivity contribution in [1.29, 1.82) is 0 Å². The molecule has 9 heteroatoms. The van der Waals surface area contributed by atoms with Crippen LogP contribution in [0.4, 0.5) is 4.39 Å². The molecular weight excluding hydrogens is 381 g/mol. The summed E-state index contributed by atoms with van der Waals surface area (Å²) in [4.78, 5) is 14.2. The first-order valence-electron chi connectivity index (χ1n) is 8.49. The number of hydrogen-bond acceptors (Lipinski definition) is 4. The Labute approximate surface area is 159 Å². The van der Waals surface area contributed by atoms with Crippen LogP contribution in [0.1, 0.15) is 13.8 Å². The van der Waals surface area contributed by atoms with Crippen LogP contribution in [0.5, 0.6) is 0 Å². The molecule has 0 bridgehead atoms. The molecule has 0 radical (unpaired) electrons. The first-order chi connectivity index (χ1) is 12.2. The third-order valence-corrected chi connectivity index (χ3v) is 7.03. The third-order valence-electron chi connectivity index (χ3n) is 4.45. The average molecular weight is 406 g/mol. The van der Waals surface area contributed by atoms with E-state index in [1.54, 1.807) is 13.8 Å². The van der Waals surface area contributed by atoms with Crippen molar-refractivity contribution in [2.75, 3.05) is 45.1 Å². The fraction of sp³-hybridized carbons (Fsp3) is 0.588. The van der Waals surface area contributed by atoms with Gasteiger partial charge in [0.25, 0.3) is 0 Å². The summed E-state index contributed by atoms with van der Waals surface area (Å²) in [5, 5.41) is 2.86. The summed E-state index contributed by atoms with van der Waals surface area (Å²) in [6, 6.07) is 4.86. The maximum Gasteiger partial charge on any atom is 0.243 e. The Bertz CT molecular complexity index is 717. The van der Waals surface area contributed by atoms with Crippen LogP contribution in [0.2, 0.25) is 0 Å². The van der Waals surface area contributed by atoms with Crippen LogP contribution in [0.3, 0.4) is 0 Å². The summed E-state index contributed by atoms with van der Waals surface area (Å²) in [6.45, 7) is 6.59. The number of nitrogens with zero attached hydrogens (tertiary/aromatic N) is 2.